The molecule has 4 nitrogen and oxygen atoms in total. The van der Waals surface area contributed by atoms with Crippen LogP contribution in [0.5, 0.6) is 11.5 Å². The van der Waals surface area contributed by atoms with Crippen LogP contribution in [0.4, 0.5) is 0 Å². The zero-order valence-electron chi connectivity index (χ0n) is 12.4. The first-order chi connectivity index (χ1) is 10.3. The lowest BCUT2D eigenvalue weighted by molar-refractivity contribution is 0.304. The van der Waals surface area contributed by atoms with E-state index in [9.17, 15) is 0 Å². The van der Waals surface area contributed by atoms with E-state index in [1.165, 1.54) is 23.4 Å². The molecule has 1 aromatic carbocycles. The van der Waals surface area contributed by atoms with Crippen molar-refractivity contribution < 1.29 is 9.47 Å². The zero-order chi connectivity index (χ0) is 14.7. The molecule has 0 atom stereocenters. The van der Waals surface area contributed by atoms with E-state index in [-0.39, 0.29) is 0 Å². The van der Waals surface area contributed by atoms with Crippen LogP contribution in [-0.2, 0) is 13.2 Å². The first-order valence-corrected chi connectivity index (χ1v) is 8.01. The Labute approximate surface area is 129 Å². The maximum Gasteiger partial charge on any atom is 0.140 e. The van der Waals surface area contributed by atoms with Crippen LogP contribution in [0.3, 0.4) is 0 Å². The molecule has 0 spiro atoms. The fraction of sp³-hybridized carbons (Fsp3) is 0.438. The van der Waals surface area contributed by atoms with Gasteiger partial charge in [0.25, 0.3) is 0 Å². The van der Waals surface area contributed by atoms with Crippen molar-refractivity contribution in [3.05, 3.63) is 39.8 Å². The van der Waals surface area contributed by atoms with Crippen LogP contribution in [0.25, 0.3) is 0 Å². The number of hydrogen-bond acceptors (Lipinski definition) is 5. The first-order valence-electron chi connectivity index (χ1n) is 7.20. The summed E-state index contributed by atoms with van der Waals surface area (Å²) in [6.45, 7) is 1.42. The van der Waals surface area contributed by atoms with Gasteiger partial charge in [0.1, 0.15) is 23.1 Å². The summed E-state index contributed by atoms with van der Waals surface area (Å²) in [6.07, 6.45) is 2.55. The van der Waals surface area contributed by atoms with Crippen LogP contribution in [0.15, 0.2) is 24.3 Å². The summed E-state index contributed by atoms with van der Waals surface area (Å²) in [4.78, 5) is 6.12. The second kappa shape index (κ2) is 6.45. The number of rotatable bonds is 7. The molecule has 2 aromatic rings. The molecule has 1 heterocycles. The summed E-state index contributed by atoms with van der Waals surface area (Å²) in [5, 5.41) is 4.28. The van der Waals surface area contributed by atoms with E-state index in [4.69, 9.17) is 14.5 Å². The van der Waals surface area contributed by atoms with Crippen LogP contribution < -0.4 is 14.8 Å². The fourth-order valence-electron chi connectivity index (χ4n) is 2.26. The molecule has 0 saturated heterocycles. The van der Waals surface area contributed by atoms with Gasteiger partial charge in [-0.2, -0.15) is 0 Å². The fourth-order valence-corrected chi connectivity index (χ4v) is 3.34. The molecule has 1 aromatic heterocycles. The molecule has 0 amide bonds. The predicted molar refractivity (Wildman–Crippen MR) is 84.2 cm³/mol. The van der Waals surface area contributed by atoms with Gasteiger partial charge in [0, 0.05) is 17.3 Å². The number of ether oxygens (including phenoxy) is 2. The second-order valence-corrected chi connectivity index (χ2v) is 6.35. The van der Waals surface area contributed by atoms with E-state index in [0.717, 1.165) is 23.1 Å². The molecule has 5 heteroatoms. The molecular weight excluding hydrogens is 284 g/mol. The second-order valence-electron chi connectivity index (χ2n) is 5.18. The van der Waals surface area contributed by atoms with Crippen molar-refractivity contribution in [3.63, 3.8) is 0 Å². The summed E-state index contributed by atoms with van der Waals surface area (Å²) in [5.74, 6) is 2.36. The number of thiazole rings is 1. The van der Waals surface area contributed by atoms with E-state index >= 15 is 0 Å². The molecule has 1 saturated carbocycles. The lowest BCUT2D eigenvalue weighted by Crippen LogP contribution is -2.05. The van der Waals surface area contributed by atoms with Gasteiger partial charge in [0.15, 0.2) is 0 Å². The molecule has 0 unspecified atom stereocenters. The topological polar surface area (TPSA) is 43.4 Å². The van der Waals surface area contributed by atoms with Gasteiger partial charge in [-0.3, -0.25) is 0 Å². The number of nitrogens with zero attached hydrogens (tertiary/aromatic N) is 1. The Morgan fingerprint density at radius 1 is 1.24 bits per heavy atom. The molecule has 1 aliphatic rings. The molecule has 1 fully saturated rings. The van der Waals surface area contributed by atoms with Crippen molar-refractivity contribution in [1.29, 1.82) is 0 Å². The summed E-state index contributed by atoms with van der Waals surface area (Å²) in [5.41, 5.74) is 1.28. The Morgan fingerprint density at radius 2 is 1.95 bits per heavy atom. The summed E-state index contributed by atoms with van der Waals surface area (Å²) >= 11 is 1.76. The van der Waals surface area contributed by atoms with Crippen molar-refractivity contribution in [1.82, 2.24) is 10.3 Å². The highest BCUT2D eigenvalue weighted by Gasteiger charge is 2.29. The van der Waals surface area contributed by atoms with Crippen LogP contribution in [0.1, 0.15) is 34.3 Å². The zero-order valence-corrected chi connectivity index (χ0v) is 13.2. The normalized spacial score (nSPS) is 14.2. The van der Waals surface area contributed by atoms with E-state index in [1.807, 2.05) is 31.3 Å². The maximum absolute atomic E-state index is 5.81. The van der Waals surface area contributed by atoms with Crippen molar-refractivity contribution >= 4 is 11.3 Å². The van der Waals surface area contributed by atoms with Crippen molar-refractivity contribution in [2.24, 2.45) is 0 Å². The van der Waals surface area contributed by atoms with Crippen molar-refractivity contribution in [2.75, 3.05) is 14.2 Å². The Balaban J connectivity index is 1.65. The SMILES string of the molecule is CNCc1sc(COc2ccc(OC)cc2)nc1C1CC1. The Morgan fingerprint density at radius 3 is 2.57 bits per heavy atom. The monoisotopic (exact) mass is 304 g/mol. The molecule has 21 heavy (non-hydrogen) atoms. The van der Waals surface area contributed by atoms with E-state index in [0.29, 0.717) is 12.5 Å². The number of methoxy groups -OCH3 is 1. The van der Waals surface area contributed by atoms with Gasteiger partial charge in [-0.25, -0.2) is 4.98 Å². The summed E-state index contributed by atoms with van der Waals surface area (Å²) in [7, 11) is 3.64. The lowest BCUT2D eigenvalue weighted by atomic mass is 10.2. The number of nitrogens with one attached hydrogen (secondary N) is 1. The van der Waals surface area contributed by atoms with Gasteiger partial charge in [0.05, 0.1) is 12.8 Å². The molecule has 0 aliphatic heterocycles. The maximum atomic E-state index is 5.81. The van der Waals surface area contributed by atoms with Crippen LogP contribution in [0.2, 0.25) is 0 Å². The lowest BCUT2D eigenvalue weighted by Gasteiger charge is -2.05. The van der Waals surface area contributed by atoms with Gasteiger partial charge in [-0.15, -0.1) is 11.3 Å². The van der Waals surface area contributed by atoms with Gasteiger partial charge in [0.2, 0.25) is 0 Å². The minimum absolute atomic E-state index is 0.528. The standard InChI is InChI=1S/C16H20N2O2S/c1-17-9-14-16(11-3-4-11)18-15(21-14)10-20-13-7-5-12(19-2)6-8-13/h5-8,11,17H,3-4,9-10H2,1-2H3. The molecular formula is C16H20N2O2S. The largest absolute Gasteiger partial charge is 0.497 e. The Bertz CT molecular complexity index is 591. The van der Waals surface area contributed by atoms with Gasteiger partial charge in [-0.05, 0) is 44.2 Å². The van der Waals surface area contributed by atoms with Gasteiger partial charge >= 0.3 is 0 Å². The van der Waals surface area contributed by atoms with Crippen LogP contribution in [0, 0.1) is 0 Å². The summed E-state index contributed by atoms with van der Waals surface area (Å²) < 4.78 is 10.9. The van der Waals surface area contributed by atoms with E-state index in [1.54, 1.807) is 18.4 Å². The summed E-state index contributed by atoms with van der Waals surface area (Å²) in [6, 6.07) is 7.64. The molecule has 1 N–H and O–H groups in total. The Hall–Kier alpha value is -1.59. The average Bonchev–Trinajstić information content (AvgIpc) is 3.28. The average molecular weight is 304 g/mol. The highest BCUT2D eigenvalue weighted by Crippen LogP contribution is 2.42. The molecule has 112 valence electrons. The highest BCUT2D eigenvalue weighted by atomic mass is 32.1. The minimum Gasteiger partial charge on any atom is -0.497 e. The predicted octanol–water partition coefficient (Wildman–Crippen LogP) is 3.33. The third-order valence-electron chi connectivity index (χ3n) is 3.49. The van der Waals surface area contributed by atoms with Gasteiger partial charge in [-0.1, -0.05) is 0 Å². The van der Waals surface area contributed by atoms with E-state index in [2.05, 4.69) is 5.32 Å². The number of benzene rings is 1. The number of hydrogen-bond donors (Lipinski definition) is 1. The highest BCUT2D eigenvalue weighted by molar-refractivity contribution is 7.11. The van der Waals surface area contributed by atoms with E-state index < -0.39 is 0 Å². The molecule has 1 aliphatic carbocycles. The third-order valence-corrected chi connectivity index (χ3v) is 4.54. The molecule has 0 bridgehead atoms. The molecule has 0 radical (unpaired) electrons. The van der Waals surface area contributed by atoms with Crippen LogP contribution in [-0.4, -0.2) is 19.1 Å². The van der Waals surface area contributed by atoms with Crippen LogP contribution >= 0.6 is 11.3 Å². The smallest absolute Gasteiger partial charge is 0.140 e. The molecule has 3 rings (SSSR count). The van der Waals surface area contributed by atoms with Crippen molar-refractivity contribution in [3.8, 4) is 11.5 Å². The van der Waals surface area contributed by atoms with Gasteiger partial charge < -0.3 is 14.8 Å². The third kappa shape index (κ3) is 3.54. The van der Waals surface area contributed by atoms with Crippen molar-refractivity contribution in [2.45, 2.75) is 31.9 Å². The minimum atomic E-state index is 0.528. The Kier molecular flexibility index (Phi) is 4.41. The first kappa shape index (κ1) is 14.4. The quantitative estimate of drug-likeness (QED) is 0.852. The number of aromatic nitrogens is 1.